The van der Waals surface area contributed by atoms with E-state index >= 15 is 0 Å². The Morgan fingerprint density at radius 1 is 1.04 bits per heavy atom. The van der Waals surface area contributed by atoms with Gasteiger partial charge in [-0.05, 0) is 86.9 Å². The van der Waals surface area contributed by atoms with Crippen molar-refractivity contribution in [3.8, 4) is 6.07 Å². The Hall–Kier alpha value is -1.07. The minimum Gasteiger partial charge on any atom is -0.386 e. The number of fused-ring (bicyclic) bond motifs is 5. The van der Waals surface area contributed by atoms with Crippen molar-refractivity contribution >= 4 is 0 Å². The summed E-state index contributed by atoms with van der Waals surface area (Å²) in [5.74, 6) is 2.34. The topological polar surface area (TPSA) is 44.0 Å². The minimum absolute atomic E-state index is 0.272. The Kier molecular flexibility index (Phi) is 3.56. The summed E-state index contributed by atoms with van der Waals surface area (Å²) >= 11 is 0. The molecule has 0 heterocycles. The molecule has 0 bridgehead atoms. The summed E-state index contributed by atoms with van der Waals surface area (Å²) in [5.41, 5.74) is 2.94. The Morgan fingerprint density at radius 3 is 2.54 bits per heavy atom. The van der Waals surface area contributed by atoms with Crippen molar-refractivity contribution in [3.63, 3.8) is 0 Å². The SMILES string of the molecule is CC1(O)C=C2CCC3C4CCC(=CC#N)C4(C)CCC3C2(C)CC1. The second kappa shape index (κ2) is 5.21. The number of hydrogen-bond acceptors (Lipinski definition) is 2. The van der Waals surface area contributed by atoms with Crippen LogP contribution in [0.2, 0.25) is 0 Å². The van der Waals surface area contributed by atoms with Gasteiger partial charge in [-0.1, -0.05) is 31.1 Å². The average molecular weight is 325 g/mol. The van der Waals surface area contributed by atoms with Crippen molar-refractivity contribution in [3.05, 3.63) is 23.3 Å². The van der Waals surface area contributed by atoms with Crippen LogP contribution in [0.25, 0.3) is 0 Å². The third-order valence-electron chi connectivity index (χ3n) is 8.46. The Bertz CT molecular complexity index is 651. The Labute approximate surface area is 146 Å². The summed E-state index contributed by atoms with van der Waals surface area (Å²) in [5, 5.41) is 19.6. The molecule has 0 spiro atoms. The lowest BCUT2D eigenvalue weighted by Gasteiger charge is -2.58. The van der Waals surface area contributed by atoms with E-state index in [0.29, 0.717) is 5.41 Å². The molecule has 4 rings (SSSR count). The smallest absolute Gasteiger partial charge is 0.0911 e. The Balaban J connectivity index is 1.68. The summed E-state index contributed by atoms with van der Waals surface area (Å²) in [4.78, 5) is 0. The number of allylic oxidation sites excluding steroid dienone is 3. The highest BCUT2D eigenvalue weighted by Gasteiger charge is 2.57. The molecule has 4 aliphatic rings. The van der Waals surface area contributed by atoms with Gasteiger partial charge in [0, 0.05) is 6.08 Å². The standard InChI is InChI=1S/C22H31NO/c1-20(24)11-12-22(3)16(14-20)4-6-17-18-7-5-15(9-13-23)21(18,2)10-8-19(17)22/h9,14,17-19,24H,4-8,10-12H2,1-3H3. The Morgan fingerprint density at radius 2 is 1.79 bits per heavy atom. The van der Waals surface area contributed by atoms with Gasteiger partial charge in [0.15, 0.2) is 0 Å². The molecule has 0 aliphatic heterocycles. The summed E-state index contributed by atoms with van der Waals surface area (Å²) in [6, 6.07) is 2.30. The van der Waals surface area contributed by atoms with Crippen molar-refractivity contribution in [2.75, 3.05) is 0 Å². The highest BCUT2D eigenvalue weighted by atomic mass is 16.3. The monoisotopic (exact) mass is 325 g/mol. The van der Waals surface area contributed by atoms with Crippen molar-refractivity contribution < 1.29 is 5.11 Å². The number of nitriles is 1. The molecule has 4 aliphatic carbocycles. The van der Waals surface area contributed by atoms with Crippen LogP contribution in [0.15, 0.2) is 23.3 Å². The van der Waals surface area contributed by atoms with E-state index < -0.39 is 5.60 Å². The first kappa shape index (κ1) is 16.4. The van der Waals surface area contributed by atoms with Gasteiger partial charge in [-0.2, -0.15) is 5.26 Å². The molecule has 2 heteroatoms. The van der Waals surface area contributed by atoms with E-state index in [9.17, 15) is 5.11 Å². The first-order valence-electron chi connectivity index (χ1n) is 9.84. The molecule has 0 aromatic rings. The van der Waals surface area contributed by atoms with Gasteiger partial charge in [0.2, 0.25) is 0 Å². The third kappa shape index (κ3) is 2.17. The lowest BCUT2D eigenvalue weighted by atomic mass is 9.47. The quantitative estimate of drug-likeness (QED) is 0.494. The van der Waals surface area contributed by atoms with Crippen LogP contribution in [0.3, 0.4) is 0 Å². The zero-order valence-corrected chi connectivity index (χ0v) is 15.4. The van der Waals surface area contributed by atoms with E-state index in [-0.39, 0.29) is 5.41 Å². The summed E-state index contributed by atoms with van der Waals surface area (Å²) in [6.07, 6.45) is 13.5. The van der Waals surface area contributed by atoms with Gasteiger partial charge in [0.25, 0.3) is 0 Å². The summed E-state index contributed by atoms with van der Waals surface area (Å²) < 4.78 is 0. The number of hydrogen-bond donors (Lipinski definition) is 1. The summed E-state index contributed by atoms with van der Waals surface area (Å²) in [6.45, 7) is 6.89. The predicted molar refractivity (Wildman–Crippen MR) is 96.0 cm³/mol. The second-order valence-electron chi connectivity index (χ2n) is 9.65. The zero-order valence-electron chi connectivity index (χ0n) is 15.4. The maximum absolute atomic E-state index is 10.5. The first-order valence-corrected chi connectivity index (χ1v) is 9.84. The van der Waals surface area contributed by atoms with Crippen LogP contribution in [0, 0.1) is 39.9 Å². The molecule has 1 N–H and O–H groups in total. The van der Waals surface area contributed by atoms with Gasteiger partial charge in [-0.15, -0.1) is 0 Å². The zero-order chi connectivity index (χ0) is 17.2. The van der Waals surface area contributed by atoms with Crippen LogP contribution in [0.4, 0.5) is 0 Å². The average Bonchev–Trinajstić information content (AvgIpc) is 2.85. The molecule has 6 unspecified atom stereocenters. The molecule has 0 saturated heterocycles. The number of aliphatic hydroxyl groups is 1. The van der Waals surface area contributed by atoms with Gasteiger partial charge >= 0.3 is 0 Å². The predicted octanol–water partition coefficient (Wildman–Crippen LogP) is 5.15. The molecule has 0 amide bonds. The van der Waals surface area contributed by atoms with Crippen molar-refractivity contribution in [1.82, 2.24) is 0 Å². The van der Waals surface area contributed by atoms with Crippen LogP contribution in [-0.4, -0.2) is 10.7 Å². The molecule has 3 fully saturated rings. The fraction of sp³-hybridized carbons (Fsp3) is 0.773. The van der Waals surface area contributed by atoms with Crippen LogP contribution in [0.1, 0.15) is 72.1 Å². The largest absolute Gasteiger partial charge is 0.386 e. The molecule has 24 heavy (non-hydrogen) atoms. The molecule has 3 saturated carbocycles. The molecular weight excluding hydrogens is 294 g/mol. The maximum Gasteiger partial charge on any atom is 0.0911 e. The highest BCUT2D eigenvalue weighted by molar-refractivity contribution is 5.31. The van der Waals surface area contributed by atoms with Crippen molar-refractivity contribution in [2.24, 2.45) is 28.6 Å². The van der Waals surface area contributed by atoms with Crippen LogP contribution in [0.5, 0.6) is 0 Å². The normalized spacial score (nSPS) is 52.0. The third-order valence-corrected chi connectivity index (χ3v) is 8.46. The van der Waals surface area contributed by atoms with Gasteiger partial charge in [0.1, 0.15) is 0 Å². The van der Waals surface area contributed by atoms with Gasteiger partial charge < -0.3 is 5.11 Å². The fourth-order valence-corrected chi connectivity index (χ4v) is 7.03. The maximum atomic E-state index is 10.5. The van der Waals surface area contributed by atoms with Crippen LogP contribution < -0.4 is 0 Å². The molecule has 0 radical (unpaired) electrons. The molecule has 6 atom stereocenters. The first-order chi connectivity index (χ1) is 11.3. The van der Waals surface area contributed by atoms with Crippen LogP contribution in [-0.2, 0) is 0 Å². The molecule has 130 valence electrons. The lowest BCUT2D eigenvalue weighted by Crippen LogP contribution is -2.50. The van der Waals surface area contributed by atoms with E-state index in [4.69, 9.17) is 5.26 Å². The van der Waals surface area contributed by atoms with E-state index in [1.165, 1.54) is 36.8 Å². The molecule has 0 aromatic heterocycles. The van der Waals surface area contributed by atoms with Crippen LogP contribution >= 0.6 is 0 Å². The van der Waals surface area contributed by atoms with E-state index in [1.807, 2.05) is 13.0 Å². The lowest BCUT2D eigenvalue weighted by molar-refractivity contribution is -0.0406. The summed E-state index contributed by atoms with van der Waals surface area (Å²) in [7, 11) is 0. The molecule has 0 aromatic carbocycles. The number of nitrogens with zero attached hydrogens (tertiary/aromatic N) is 1. The second-order valence-corrected chi connectivity index (χ2v) is 9.65. The molecule has 2 nitrogen and oxygen atoms in total. The minimum atomic E-state index is -0.596. The highest BCUT2D eigenvalue weighted by Crippen LogP contribution is 2.66. The van der Waals surface area contributed by atoms with E-state index in [1.54, 1.807) is 0 Å². The number of rotatable bonds is 0. The van der Waals surface area contributed by atoms with Crippen molar-refractivity contribution in [1.29, 1.82) is 5.26 Å². The van der Waals surface area contributed by atoms with E-state index in [0.717, 1.165) is 43.4 Å². The fourth-order valence-electron chi connectivity index (χ4n) is 7.03. The molecular formula is C22H31NO. The van der Waals surface area contributed by atoms with Gasteiger partial charge in [0.05, 0.1) is 11.7 Å². The van der Waals surface area contributed by atoms with E-state index in [2.05, 4.69) is 26.0 Å². The van der Waals surface area contributed by atoms with Crippen molar-refractivity contribution in [2.45, 2.75) is 77.7 Å². The van der Waals surface area contributed by atoms with Gasteiger partial charge in [-0.3, -0.25) is 0 Å². The van der Waals surface area contributed by atoms with Gasteiger partial charge in [-0.25, -0.2) is 0 Å².